The summed E-state index contributed by atoms with van der Waals surface area (Å²) in [5.41, 5.74) is 1.10. The van der Waals surface area contributed by atoms with Crippen LogP contribution in [0.3, 0.4) is 0 Å². The predicted octanol–water partition coefficient (Wildman–Crippen LogP) is 3.79. The van der Waals surface area contributed by atoms with Crippen molar-refractivity contribution in [3.8, 4) is 17.3 Å². The monoisotopic (exact) mass is 430 g/mol. The van der Waals surface area contributed by atoms with E-state index in [1.54, 1.807) is 13.0 Å². The summed E-state index contributed by atoms with van der Waals surface area (Å²) in [6, 6.07) is 16.9. The number of thiazole rings is 1. The summed E-state index contributed by atoms with van der Waals surface area (Å²) in [7, 11) is 0. The molecule has 0 saturated carbocycles. The first kappa shape index (κ1) is 20.0. The number of aryl methyl sites for hydroxylation is 1. The fourth-order valence-electron chi connectivity index (χ4n) is 3.55. The Labute approximate surface area is 179 Å². The summed E-state index contributed by atoms with van der Waals surface area (Å²) in [5.74, 6) is -2.18. The van der Waals surface area contributed by atoms with Crippen LogP contribution in [-0.2, 0) is 0 Å². The first-order valence-corrected chi connectivity index (χ1v) is 9.97. The Morgan fingerprint density at radius 2 is 1.94 bits per heavy atom. The van der Waals surface area contributed by atoms with Gasteiger partial charge in [-0.1, -0.05) is 35.6 Å². The molecule has 0 aliphatic heterocycles. The molecular formula is C21H14N6O3S. The maximum atomic E-state index is 13.4. The topological polar surface area (TPSA) is 141 Å². The van der Waals surface area contributed by atoms with Gasteiger partial charge in [-0.05, 0) is 24.6 Å². The molecule has 0 fully saturated rings. The van der Waals surface area contributed by atoms with Crippen molar-refractivity contribution in [1.29, 1.82) is 10.5 Å². The molecule has 2 heterocycles. The minimum absolute atomic E-state index is 0.184. The van der Waals surface area contributed by atoms with E-state index >= 15 is 0 Å². The van der Waals surface area contributed by atoms with E-state index in [1.807, 2.05) is 36.4 Å². The molecule has 0 aliphatic rings. The van der Waals surface area contributed by atoms with Crippen LogP contribution in [0.5, 0.6) is 0 Å². The summed E-state index contributed by atoms with van der Waals surface area (Å²) < 4.78 is 2.19. The number of rotatable bonds is 5. The molecular weight excluding hydrogens is 416 g/mol. The molecule has 4 aromatic rings. The maximum absolute atomic E-state index is 13.4. The second-order valence-corrected chi connectivity index (χ2v) is 7.83. The highest BCUT2D eigenvalue weighted by atomic mass is 32.1. The predicted molar refractivity (Wildman–Crippen MR) is 114 cm³/mol. The zero-order valence-corrected chi connectivity index (χ0v) is 17.0. The van der Waals surface area contributed by atoms with E-state index in [0.717, 1.165) is 10.2 Å². The second-order valence-electron chi connectivity index (χ2n) is 6.82. The van der Waals surface area contributed by atoms with Gasteiger partial charge in [0.25, 0.3) is 11.2 Å². The van der Waals surface area contributed by atoms with Crippen molar-refractivity contribution >= 4 is 27.2 Å². The standard InChI is InChI=1S/C21H14N6O3S/c1-12-18(19(14(10-22)11-23)13-5-4-6-15(9-13)27(29)30)20(28)26(25-12)21-24-16-7-2-3-8-17(16)31-21/h2-9,14,19,25H,1H3/t19-/m0/s1. The van der Waals surface area contributed by atoms with Crippen LogP contribution < -0.4 is 5.56 Å². The molecule has 152 valence electrons. The number of nitriles is 2. The van der Waals surface area contributed by atoms with Gasteiger partial charge < -0.3 is 0 Å². The highest BCUT2D eigenvalue weighted by molar-refractivity contribution is 7.20. The molecule has 2 aromatic heterocycles. The number of benzene rings is 2. The van der Waals surface area contributed by atoms with Crippen molar-refractivity contribution in [3.63, 3.8) is 0 Å². The lowest BCUT2D eigenvalue weighted by molar-refractivity contribution is -0.384. The number of hydrogen-bond donors (Lipinski definition) is 1. The van der Waals surface area contributed by atoms with Crippen molar-refractivity contribution in [2.75, 3.05) is 0 Å². The van der Waals surface area contributed by atoms with E-state index in [9.17, 15) is 25.4 Å². The van der Waals surface area contributed by atoms with Crippen LogP contribution in [0.1, 0.15) is 22.7 Å². The van der Waals surface area contributed by atoms with Gasteiger partial charge in [-0.2, -0.15) is 15.2 Å². The van der Waals surface area contributed by atoms with Gasteiger partial charge in [0.1, 0.15) is 5.92 Å². The Bertz CT molecular complexity index is 1410. The number of nitro groups is 1. The fraction of sp³-hybridized carbons (Fsp3) is 0.143. The van der Waals surface area contributed by atoms with Crippen molar-refractivity contribution in [2.45, 2.75) is 12.8 Å². The highest BCUT2D eigenvalue weighted by Crippen LogP contribution is 2.34. The fourth-order valence-corrected chi connectivity index (χ4v) is 4.48. The third-order valence-electron chi connectivity index (χ3n) is 4.95. The zero-order chi connectivity index (χ0) is 22.1. The van der Waals surface area contributed by atoms with Gasteiger partial charge in [0.15, 0.2) is 0 Å². The number of hydrogen-bond acceptors (Lipinski definition) is 7. The molecule has 4 rings (SSSR count). The largest absolute Gasteiger partial charge is 0.293 e. The minimum Gasteiger partial charge on any atom is -0.293 e. The van der Waals surface area contributed by atoms with E-state index < -0.39 is 22.3 Å². The van der Waals surface area contributed by atoms with Crippen LogP contribution in [0.2, 0.25) is 0 Å². The van der Waals surface area contributed by atoms with E-state index in [0.29, 0.717) is 16.4 Å². The van der Waals surface area contributed by atoms with E-state index in [-0.39, 0.29) is 11.3 Å². The van der Waals surface area contributed by atoms with Crippen LogP contribution in [0.25, 0.3) is 15.3 Å². The number of nitrogens with one attached hydrogen (secondary N) is 1. The number of H-pyrrole nitrogens is 1. The van der Waals surface area contributed by atoms with Gasteiger partial charge in [0.05, 0.1) is 27.3 Å². The lowest BCUT2D eigenvalue weighted by atomic mass is 9.82. The number of nitrogens with zero attached hydrogens (tertiary/aromatic N) is 5. The summed E-state index contributed by atoms with van der Waals surface area (Å²) >= 11 is 1.32. The summed E-state index contributed by atoms with van der Waals surface area (Å²) in [4.78, 5) is 28.5. The molecule has 0 unspecified atom stereocenters. The molecule has 31 heavy (non-hydrogen) atoms. The SMILES string of the molecule is Cc1[nH]n(-c2nc3ccccc3s2)c(=O)c1[C@@H](c1cccc([N+](=O)[O-])c1)C(C#N)C#N. The lowest BCUT2D eigenvalue weighted by Gasteiger charge is -2.16. The first-order chi connectivity index (χ1) is 14.9. The average molecular weight is 430 g/mol. The quantitative estimate of drug-likeness (QED) is 0.377. The van der Waals surface area contributed by atoms with Crippen molar-refractivity contribution in [1.82, 2.24) is 14.8 Å². The second kappa shape index (κ2) is 7.86. The first-order valence-electron chi connectivity index (χ1n) is 9.15. The molecule has 0 saturated heterocycles. The van der Waals surface area contributed by atoms with Gasteiger partial charge >= 0.3 is 0 Å². The summed E-state index contributed by atoms with van der Waals surface area (Å²) in [6.07, 6.45) is 0. The summed E-state index contributed by atoms with van der Waals surface area (Å²) in [5, 5.41) is 33.8. The number of fused-ring (bicyclic) bond motifs is 1. The Balaban J connectivity index is 1.92. The van der Waals surface area contributed by atoms with Gasteiger partial charge in [-0.3, -0.25) is 20.0 Å². The number of non-ortho nitro benzene ring substituents is 1. The number of para-hydroxylation sites is 1. The number of nitro benzene ring substituents is 1. The highest BCUT2D eigenvalue weighted by Gasteiger charge is 2.32. The molecule has 0 amide bonds. The molecule has 1 atom stereocenters. The van der Waals surface area contributed by atoms with Gasteiger partial charge in [-0.25, -0.2) is 4.98 Å². The normalized spacial score (nSPS) is 11.9. The average Bonchev–Trinajstić information content (AvgIpc) is 3.32. The van der Waals surface area contributed by atoms with E-state index in [4.69, 9.17) is 0 Å². The van der Waals surface area contributed by atoms with Crippen molar-refractivity contribution in [2.24, 2.45) is 5.92 Å². The zero-order valence-electron chi connectivity index (χ0n) is 16.1. The van der Waals surface area contributed by atoms with Crippen LogP contribution in [-0.4, -0.2) is 19.7 Å². The van der Waals surface area contributed by atoms with E-state index in [1.165, 1.54) is 34.2 Å². The smallest absolute Gasteiger partial charge is 0.277 e. The number of aromatic amines is 1. The lowest BCUT2D eigenvalue weighted by Crippen LogP contribution is -2.23. The molecule has 2 aromatic carbocycles. The molecule has 0 spiro atoms. The van der Waals surface area contributed by atoms with Gasteiger partial charge in [0, 0.05) is 29.3 Å². The van der Waals surface area contributed by atoms with E-state index in [2.05, 4.69) is 10.1 Å². The molecule has 0 aliphatic carbocycles. The van der Waals surface area contributed by atoms with Gasteiger partial charge in [-0.15, -0.1) is 0 Å². The van der Waals surface area contributed by atoms with Crippen LogP contribution in [0.4, 0.5) is 5.69 Å². The molecule has 1 N–H and O–H groups in total. The third kappa shape index (κ3) is 3.45. The Morgan fingerprint density at radius 1 is 1.19 bits per heavy atom. The summed E-state index contributed by atoms with van der Waals surface area (Å²) in [6.45, 7) is 1.66. The molecule has 0 radical (unpaired) electrons. The minimum atomic E-state index is -1.21. The molecule has 10 heteroatoms. The van der Waals surface area contributed by atoms with Crippen LogP contribution in [0.15, 0.2) is 53.3 Å². The Morgan fingerprint density at radius 3 is 2.61 bits per heavy atom. The molecule has 0 bridgehead atoms. The van der Waals surface area contributed by atoms with Gasteiger partial charge in [0.2, 0.25) is 5.13 Å². The van der Waals surface area contributed by atoms with Crippen molar-refractivity contribution in [3.05, 3.63) is 85.8 Å². The Kier molecular flexibility index (Phi) is 5.07. The number of aromatic nitrogens is 3. The Hall–Kier alpha value is -4.28. The van der Waals surface area contributed by atoms with Crippen molar-refractivity contribution < 1.29 is 4.92 Å². The van der Waals surface area contributed by atoms with Crippen LogP contribution >= 0.6 is 11.3 Å². The van der Waals surface area contributed by atoms with Crippen LogP contribution in [0, 0.1) is 45.6 Å². The third-order valence-corrected chi connectivity index (χ3v) is 5.98. The maximum Gasteiger partial charge on any atom is 0.277 e. The molecule has 9 nitrogen and oxygen atoms in total.